The molecule has 0 radical (unpaired) electrons. The number of sulfonamides is 1. The molecule has 0 aliphatic rings. The van der Waals surface area contributed by atoms with Crippen molar-refractivity contribution in [2.24, 2.45) is 10.2 Å². The Balaban J connectivity index is 1.75. The van der Waals surface area contributed by atoms with Crippen molar-refractivity contribution in [1.29, 1.82) is 0 Å². The zero-order chi connectivity index (χ0) is 23.6. The summed E-state index contributed by atoms with van der Waals surface area (Å²) in [6, 6.07) is 20.3. The SMILES string of the molecule is O=C(N=Nc1cc(NS(=O)(=O)c2ccc(Br)cc2)c2ccccc2c1O)c1cccc(Cl)c1. The zero-order valence-electron chi connectivity index (χ0n) is 16.7. The molecule has 33 heavy (non-hydrogen) atoms. The first-order valence-corrected chi connectivity index (χ1v) is 12.1. The topological polar surface area (TPSA) is 108 Å². The van der Waals surface area contributed by atoms with E-state index in [4.69, 9.17) is 11.6 Å². The van der Waals surface area contributed by atoms with E-state index in [0.717, 1.165) is 4.47 Å². The van der Waals surface area contributed by atoms with Gasteiger partial charge in [-0.1, -0.05) is 57.9 Å². The van der Waals surface area contributed by atoms with Gasteiger partial charge < -0.3 is 5.11 Å². The second kappa shape index (κ2) is 9.30. The predicted octanol–water partition coefficient (Wildman–Crippen LogP) is 6.69. The van der Waals surface area contributed by atoms with Crippen LogP contribution in [0.25, 0.3) is 10.8 Å². The minimum Gasteiger partial charge on any atom is -0.505 e. The minimum atomic E-state index is -3.94. The van der Waals surface area contributed by atoms with E-state index in [0.29, 0.717) is 15.8 Å². The first-order valence-electron chi connectivity index (χ1n) is 9.49. The molecule has 4 aromatic carbocycles. The van der Waals surface area contributed by atoms with Gasteiger partial charge in [-0.25, -0.2) is 8.42 Å². The van der Waals surface area contributed by atoms with E-state index in [1.165, 1.54) is 30.3 Å². The number of anilines is 1. The lowest BCUT2D eigenvalue weighted by Gasteiger charge is -2.13. The Labute approximate surface area is 202 Å². The van der Waals surface area contributed by atoms with Crippen LogP contribution < -0.4 is 4.72 Å². The highest BCUT2D eigenvalue weighted by molar-refractivity contribution is 9.10. The van der Waals surface area contributed by atoms with Crippen LogP contribution in [0.15, 0.2) is 98.5 Å². The first-order chi connectivity index (χ1) is 15.7. The van der Waals surface area contributed by atoms with Crippen molar-refractivity contribution in [3.63, 3.8) is 0 Å². The number of hydrogen-bond acceptors (Lipinski definition) is 5. The van der Waals surface area contributed by atoms with E-state index in [9.17, 15) is 18.3 Å². The molecule has 4 aromatic rings. The van der Waals surface area contributed by atoms with Crippen molar-refractivity contribution in [3.8, 4) is 5.75 Å². The molecule has 0 spiro atoms. The van der Waals surface area contributed by atoms with Gasteiger partial charge in [-0.15, -0.1) is 10.2 Å². The number of carbonyl (C=O) groups is 1. The highest BCUT2D eigenvalue weighted by Crippen LogP contribution is 2.40. The number of halogens is 2. The Morgan fingerprint density at radius 3 is 2.33 bits per heavy atom. The molecule has 166 valence electrons. The molecule has 0 saturated carbocycles. The molecular formula is C23H15BrClN3O4S. The van der Waals surface area contributed by atoms with E-state index < -0.39 is 15.9 Å². The van der Waals surface area contributed by atoms with Gasteiger partial charge in [-0.2, -0.15) is 0 Å². The number of rotatable bonds is 5. The molecule has 10 heteroatoms. The summed E-state index contributed by atoms with van der Waals surface area (Å²) in [7, 11) is -3.94. The summed E-state index contributed by atoms with van der Waals surface area (Å²) in [6.45, 7) is 0. The molecule has 0 heterocycles. The third-order valence-corrected chi connectivity index (χ3v) is 6.83. The summed E-state index contributed by atoms with van der Waals surface area (Å²) in [6.07, 6.45) is 0. The summed E-state index contributed by atoms with van der Waals surface area (Å²) in [5.74, 6) is -0.901. The van der Waals surface area contributed by atoms with Gasteiger partial charge in [0, 0.05) is 25.8 Å². The molecule has 0 aliphatic heterocycles. The van der Waals surface area contributed by atoms with E-state index >= 15 is 0 Å². The molecule has 0 fully saturated rings. The van der Waals surface area contributed by atoms with Crippen LogP contribution in [0, 0.1) is 0 Å². The van der Waals surface area contributed by atoms with Crippen molar-refractivity contribution in [2.75, 3.05) is 4.72 Å². The smallest absolute Gasteiger partial charge is 0.295 e. The monoisotopic (exact) mass is 543 g/mol. The second-order valence-electron chi connectivity index (χ2n) is 6.91. The fourth-order valence-corrected chi connectivity index (χ4v) is 4.63. The van der Waals surface area contributed by atoms with Gasteiger partial charge in [0.05, 0.1) is 10.6 Å². The number of benzene rings is 4. The second-order valence-corrected chi connectivity index (χ2v) is 9.95. The summed E-state index contributed by atoms with van der Waals surface area (Å²) in [5, 5.41) is 19.4. The number of phenols is 1. The van der Waals surface area contributed by atoms with Gasteiger partial charge in [-0.05, 0) is 48.5 Å². The summed E-state index contributed by atoms with van der Waals surface area (Å²) < 4.78 is 29.1. The van der Waals surface area contributed by atoms with E-state index in [1.54, 1.807) is 48.5 Å². The third kappa shape index (κ3) is 5.05. The highest BCUT2D eigenvalue weighted by atomic mass is 79.9. The normalized spacial score (nSPS) is 11.7. The number of phenolic OH excluding ortho intramolecular Hbond substituents is 1. The van der Waals surface area contributed by atoms with Crippen LogP contribution >= 0.6 is 27.5 Å². The maximum Gasteiger partial charge on any atom is 0.295 e. The highest BCUT2D eigenvalue weighted by Gasteiger charge is 2.18. The number of nitrogens with zero attached hydrogens (tertiary/aromatic N) is 2. The van der Waals surface area contributed by atoms with Crippen LogP contribution in [0.1, 0.15) is 10.4 Å². The zero-order valence-corrected chi connectivity index (χ0v) is 19.9. The predicted molar refractivity (Wildman–Crippen MR) is 131 cm³/mol. The molecule has 0 saturated heterocycles. The van der Waals surface area contributed by atoms with E-state index in [1.807, 2.05) is 0 Å². The van der Waals surface area contributed by atoms with Crippen molar-refractivity contribution in [2.45, 2.75) is 4.90 Å². The molecule has 0 unspecified atom stereocenters. The van der Waals surface area contributed by atoms with Crippen molar-refractivity contribution < 1.29 is 18.3 Å². The van der Waals surface area contributed by atoms with Crippen molar-refractivity contribution in [3.05, 3.63) is 93.9 Å². The summed E-state index contributed by atoms with van der Waals surface area (Å²) >= 11 is 9.18. The lowest BCUT2D eigenvalue weighted by Crippen LogP contribution is -2.13. The number of amides is 1. The number of azo groups is 1. The maximum atomic E-state index is 12.9. The maximum absolute atomic E-state index is 12.9. The fraction of sp³-hybridized carbons (Fsp3) is 0. The molecular weight excluding hydrogens is 530 g/mol. The van der Waals surface area contributed by atoms with Gasteiger partial charge in [0.25, 0.3) is 15.9 Å². The minimum absolute atomic E-state index is 0.0576. The lowest BCUT2D eigenvalue weighted by molar-refractivity contribution is 0.0995. The van der Waals surface area contributed by atoms with Crippen LogP contribution in [0.2, 0.25) is 5.02 Å². The van der Waals surface area contributed by atoms with Crippen LogP contribution in [-0.4, -0.2) is 19.4 Å². The molecule has 0 bridgehead atoms. The third-order valence-electron chi connectivity index (χ3n) is 4.68. The molecule has 0 aromatic heterocycles. The average molecular weight is 545 g/mol. The van der Waals surface area contributed by atoms with Crippen LogP contribution in [0.4, 0.5) is 11.4 Å². The number of hydrogen-bond donors (Lipinski definition) is 2. The standard InChI is InChI=1S/C23H15BrClN3O4S/c24-15-8-10-17(11-9-15)33(31,32)28-20-13-21(22(29)19-7-2-1-6-18(19)20)26-27-23(30)14-4-3-5-16(25)12-14/h1-13,28-29H. The Morgan fingerprint density at radius 2 is 1.64 bits per heavy atom. The van der Waals surface area contributed by atoms with Crippen LogP contribution in [0.3, 0.4) is 0 Å². The molecule has 4 rings (SSSR count). The molecule has 1 amide bonds. The number of carbonyl (C=O) groups excluding carboxylic acids is 1. The van der Waals surface area contributed by atoms with Gasteiger partial charge in [-0.3, -0.25) is 9.52 Å². The summed E-state index contributed by atoms with van der Waals surface area (Å²) in [5.41, 5.74) is 0.329. The first kappa shape index (κ1) is 22.9. The van der Waals surface area contributed by atoms with Crippen LogP contribution in [-0.2, 0) is 10.0 Å². The Hall–Kier alpha value is -3.27. The average Bonchev–Trinajstić information content (AvgIpc) is 2.80. The van der Waals surface area contributed by atoms with E-state index in [-0.39, 0.29) is 27.6 Å². The quantitative estimate of drug-likeness (QED) is 0.216. The van der Waals surface area contributed by atoms with Crippen molar-refractivity contribution >= 4 is 65.6 Å². The number of fused-ring (bicyclic) bond motifs is 1. The molecule has 7 nitrogen and oxygen atoms in total. The molecule has 2 N–H and O–H groups in total. The molecule has 0 aliphatic carbocycles. The van der Waals surface area contributed by atoms with Crippen molar-refractivity contribution in [1.82, 2.24) is 0 Å². The summed E-state index contributed by atoms with van der Waals surface area (Å²) in [4.78, 5) is 12.4. The Bertz CT molecular complexity index is 1510. The Kier molecular flexibility index (Phi) is 6.46. The largest absolute Gasteiger partial charge is 0.505 e. The number of nitrogens with one attached hydrogen (secondary N) is 1. The van der Waals surface area contributed by atoms with Gasteiger partial charge >= 0.3 is 0 Å². The lowest BCUT2D eigenvalue weighted by atomic mass is 10.1. The Morgan fingerprint density at radius 1 is 0.939 bits per heavy atom. The van der Waals surface area contributed by atoms with Crippen LogP contribution in [0.5, 0.6) is 5.75 Å². The van der Waals surface area contributed by atoms with Gasteiger partial charge in [0.1, 0.15) is 5.69 Å². The number of aromatic hydroxyl groups is 1. The molecule has 0 atom stereocenters. The van der Waals surface area contributed by atoms with E-state index in [2.05, 4.69) is 30.9 Å². The van der Waals surface area contributed by atoms with Gasteiger partial charge in [0.2, 0.25) is 0 Å². The van der Waals surface area contributed by atoms with Gasteiger partial charge in [0.15, 0.2) is 5.75 Å². The fourth-order valence-electron chi connectivity index (χ4n) is 3.10.